The molecule has 1 aromatic carbocycles. The average molecular weight is 265 g/mol. The van der Waals surface area contributed by atoms with Gasteiger partial charge >= 0.3 is 7.12 Å². The monoisotopic (exact) mass is 265 g/mol. The van der Waals surface area contributed by atoms with Crippen LogP contribution in [-0.4, -0.2) is 24.6 Å². The van der Waals surface area contributed by atoms with Gasteiger partial charge in [-0.3, -0.25) is 0 Å². The first-order chi connectivity index (χ1) is 8.36. The molecule has 0 aliphatic carbocycles. The first-order valence-electron chi connectivity index (χ1n) is 6.10. The van der Waals surface area contributed by atoms with E-state index in [0.717, 1.165) is 11.2 Å². The summed E-state index contributed by atoms with van der Waals surface area (Å²) in [5.41, 5.74) is 1.53. The molecule has 0 bridgehead atoms. The van der Waals surface area contributed by atoms with Crippen molar-refractivity contribution < 1.29 is 9.31 Å². The van der Waals surface area contributed by atoms with Gasteiger partial charge < -0.3 is 14.0 Å². The molecule has 2 rings (SSSR count). The van der Waals surface area contributed by atoms with E-state index in [9.17, 15) is 0 Å². The summed E-state index contributed by atoms with van der Waals surface area (Å²) in [5.74, 6) is 0. The van der Waals surface area contributed by atoms with Crippen molar-refractivity contribution in [2.45, 2.75) is 38.9 Å². The third-order valence-corrected chi connectivity index (χ3v) is 4.07. The Kier molecular flexibility index (Phi) is 3.67. The van der Waals surface area contributed by atoms with E-state index >= 15 is 0 Å². The van der Waals surface area contributed by atoms with Crippen LogP contribution in [0.15, 0.2) is 24.3 Å². The summed E-state index contributed by atoms with van der Waals surface area (Å²) in [6.45, 7) is 8.27. The van der Waals surface area contributed by atoms with E-state index in [4.69, 9.17) is 9.31 Å². The lowest BCUT2D eigenvalue weighted by atomic mass is 9.79. The van der Waals surface area contributed by atoms with Crippen LogP contribution in [0.2, 0.25) is 0 Å². The van der Waals surface area contributed by atoms with Crippen molar-refractivity contribution in [3.63, 3.8) is 0 Å². The minimum atomic E-state index is -0.293. The molecule has 1 saturated heterocycles. The lowest BCUT2D eigenvalue weighted by Gasteiger charge is -2.32. The molecule has 0 spiro atoms. The average Bonchev–Trinajstić information content (AvgIpc) is 2.49. The largest absolute Gasteiger partial charge is 0.494 e. The Morgan fingerprint density at radius 1 is 1.11 bits per heavy atom. The Balaban J connectivity index is 2.21. The van der Waals surface area contributed by atoms with Gasteiger partial charge in [-0.2, -0.15) is 0 Å². The van der Waals surface area contributed by atoms with Crippen LogP contribution in [0.1, 0.15) is 27.7 Å². The molecule has 5 heteroatoms. The van der Waals surface area contributed by atoms with Crippen LogP contribution in [0, 0.1) is 0 Å². The predicted octanol–water partition coefficient (Wildman–Crippen LogP) is 2.68. The highest BCUT2D eigenvalue weighted by atomic mass is 32.2. The summed E-state index contributed by atoms with van der Waals surface area (Å²) in [5, 5.41) is 0. The molecule has 1 heterocycles. The minimum absolute atomic E-state index is 0.291. The second-order valence-electron chi connectivity index (χ2n) is 5.52. The molecular formula is C13H20BNO2S. The zero-order valence-electron chi connectivity index (χ0n) is 11.6. The van der Waals surface area contributed by atoms with E-state index in [1.54, 1.807) is 11.9 Å². The van der Waals surface area contributed by atoms with Crippen molar-refractivity contribution in [3.05, 3.63) is 24.3 Å². The van der Waals surface area contributed by atoms with E-state index in [0.29, 0.717) is 0 Å². The van der Waals surface area contributed by atoms with Gasteiger partial charge in [0.1, 0.15) is 0 Å². The van der Waals surface area contributed by atoms with Crippen molar-refractivity contribution >= 4 is 30.2 Å². The summed E-state index contributed by atoms with van der Waals surface area (Å²) >= 11 is 1.57. The van der Waals surface area contributed by atoms with Crippen LogP contribution in [0.3, 0.4) is 0 Å². The van der Waals surface area contributed by atoms with Gasteiger partial charge in [0, 0.05) is 11.9 Å². The molecule has 0 unspecified atom stereocenters. The lowest BCUT2D eigenvalue weighted by molar-refractivity contribution is 0.00578. The summed E-state index contributed by atoms with van der Waals surface area (Å²) in [7, 11) is -0.293. The van der Waals surface area contributed by atoms with E-state index in [1.807, 2.05) is 24.5 Å². The lowest BCUT2D eigenvalue weighted by Crippen LogP contribution is -2.41. The molecule has 1 aliphatic heterocycles. The first-order valence-corrected chi connectivity index (χ1v) is 7.33. The molecule has 0 atom stereocenters. The Hall–Kier alpha value is -0.645. The second kappa shape index (κ2) is 4.80. The predicted molar refractivity (Wildman–Crippen MR) is 79.3 cm³/mol. The summed E-state index contributed by atoms with van der Waals surface area (Å²) in [4.78, 5) is 0. The second-order valence-corrected chi connectivity index (χ2v) is 6.13. The summed E-state index contributed by atoms with van der Waals surface area (Å²) < 4.78 is 15.3. The highest BCUT2D eigenvalue weighted by Crippen LogP contribution is 2.36. The van der Waals surface area contributed by atoms with Crippen LogP contribution < -0.4 is 10.2 Å². The SMILES string of the molecule is CSNc1cccc(B2OC(C)(C)C(C)(C)O2)c1. The third-order valence-electron chi connectivity index (χ3n) is 3.63. The molecule has 0 radical (unpaired) electrons. The molecule has 0 aromatic heterocycles. The number of benzene rings is 1. The molecule has 0 amide bonds. The van der Waals surface area contributed by atoms with E-state index < -0.39 is 0 Å². The first kappa shape index (κ1) is 13.8. The number of hydrogen-bond acceptors (Lipinski definition) is 4. The van der Waals surface area contributed by atoms with Gasteiger partial charge in [0.15, 0.2) is 0 Å². The van der Waals surface area contributed by atoms with Crippen molar-refractivity contribution in [1.29, 1.82) is 0 Å². The van der Waals surface area contributed by atoms with Crippen LogP contribution in [-0.2, 0) is 9.31 Å². The molecular weight excluding hydrogens is 245 g/mol. The fourth-order valence-corrected chi connectivity index (χ4v) is 2.21. The summed E-state index contributed by atoms with van der Waals surface area (Å²) in [6.07, 6.45) is 2.00. The highest BCUT2D eigenvalue weighted by molar-refractivity contribution is 7.99. The van der Waals surface area contributed by atoms with Crippen LogP contribution in [0.25, 0.3) is 0 Å². The molecule has 1 aromatic rings. The standard InChI is InChI=1S/C13H20BNO2S/c1-12(2)13(3,4)17-14(16-12)10-7-6-8-11(9-10)15-18-5/h6-9,15H,1-5H3. The van der Waals surface area contributed by atoms with Crippen molar-refractivity contribution in [3.8, 4) is 0 Å². The molecule has 1 aliphatic rings. The number of rotatable bonds is 3. The number of hydrogen-bond donors (Lipinski definition) is 1. The molecule has 3 nitrogen and oxygen atoms in total. The van der Waals surface area contributed by atoms with Crippen LogP contribution >= 0.6 is 11.9 Å². The Morgan fingerprint density at radius 3 is 2.28 bits per heavy atom. The third kappa shape index (κ3) is 2.53. The number of anilines is 1. The van der Waals surface area contributed by atoms with Gasteiger partial charge in [0.2, 0.25) is 0 Å². The van der Waals surface area contributed by atoms with E-state index in [-0.39, 0.29) is 18.3 Å². The van der Waals surface area contributed by atoms with Gasteiger partial charge in [-0.25, -0.2) is 0 Å². The van der Waals surface area contributed by atoms with Gasteiger partial charge in [0.25, 0.3) is 0 Å². The van der Waals surface area contributed by atoms with Crippen molar-refractivity contribution in [1.82, 2.24) is 0 Å². The van der Waals surface area contributed by atoms with Gasteiger partial charge in [-0.1, -0.05) is 24.1 Å². The Bertz CT molecular complexity index is 421. The van der Waals surface area contributed by atoms with Gasteiger partial charge in [-0.05, 0) is 45.3 Å². The number of nitrogens with one attached hydrogen (secondary N) is 1. The van der Waals surface area contributed by atoms with E-state index in [1.165, 1.54) is 0 Å². The van der Waals surface area contributed by atoms with E-state index in [2.05, 4.69) is 38.5 Å². The van der Waals surface area contributed by atoms with Gasteiger partial charge in [-0.15, -0.1) is 0 Å². The quantitative estimate of drug-likeness (QED) is 0.672. The molecule has 1 fully saturated rings. The van der Waals surface area contributed by atoms with Crippen LogP contribution in [0.4, 0.5) is 5.69 Å². The fourth-order valence-electron chi connectivity index (χ4n) is 1.85. The van der Waals surface area contributed by atoms with Gasteiger partial charge in [0.05, 0.1) is 11.2 Å². The molecule has 98 valence electrons. The van der Waals surface area contributed by atoms with Crippen LogP contribution in [0.5, 0.6) is 0 Å². The highest BCUT2D eigenvalue weighted by Gasteiger charge is 2.51. The summed E-state index contributed by atoms with van der Waals surface area (Å²) in [6, 6.07) is 8.15. The maximum atomic E-state index is 6.03. The smallest absolute Gasteiger partial charge is 0.399 e. The normalized spacial score (nSPS) is 21.1. The maximum Gasteiger partial charge on any atom is 0.494 e. The minimum Gasteiger partial charge on any atom is -0.399 e. The topological polar surface area (TPSA) is 30.5 Å². The zero-order chi connectivity index (χ0) is 13.4. The molecule has 0 saturated carbocycles. The van der Waals surface area contributed by atoms with Crippen molar-refractivity contribution in [2.75, 3.05) is 11.0 Å². The Morgan fingerprint density at radius 2 is 1.72 bits per heavy atom. The molecule has 1 N–H and O–H groups in total. The molecule has 18 heavy (non-hydrogen) atoms. The zero-order valence-corrected chi connectivity index (χ0v) is 12.4. The Labute approximate surface area is 114 Å². The van der Waals surface area contributed by atoms with Crippen molar-refractivity contribution in [2.24, 2.45) is 0 Å². The maximum absolute atomic E-state index is 6.03. The fraction of sp³-hybridized carbons (Fsp3) is 0.538.